The average Bonchev–Trinajstić information content (AvgIpc) is 2.86. The molecule has 8 atom stereocenters. The van der Waals surface area contributed by atoms with Crippen LogP contribution < -0.4 is 0 Å². The third-order valence-corrected chi connectivity index (χ3v) is 7.34. The van der Waals surface area contributed by atoms with Crippen LogP contribution >= 0.6 is 0 Å². The molecule has 6 aliphatic rings. The molecule has 0 aromatic carbocycles. The summed E-state index contributed by atoms with van der Waals surface area (Å²) in [6.07, 6.45) is 2.02. The van der Waals surface area contributed by atoms with Gasteiger partial charge in [0.2, 0.25) is 0 Å². The molecule has 0 N–H and O–H groups in total. The van der Waals surface area contributed by atoms with E-state index in [0.29, 0.717) is 35.5 Å². The van der Waals surface area contributed by atoms with E-state index in [4.69, 9.17) is 9.47 Å². The van der Waals surface area contributed by atoms with Gasteiger partial charge in [-0.3, -0.25) is 9.59 Å². The summed E-state index contributed by atoms with van der Waals surface area (Å²) in [5.41, 5.74) is -1.00. The van der Waals surface area contributed by atoms with Gasteiger partial charge >= 0.3 is 11.9 Å². The van der Waals surface area contributed by atoms with Crippen molar-refractivity contribution < 1.29 is 19.1 Å². The van der Waals surface area contributed by atoms with Gasteiger partial charge in [-0.25, -0.2) is 0 Å². The largest absolute Gasteiger partial charge is 0.469 e. The molecular weight excluding hydrogens is 232 g/mol. The molecule has 6 saturated carbocycles. The van der Waals surface area contributed by atoms with Crippen LogP contribution in [0.2, 0.25) is 0 Å². The molecule has 4 nitrogen and oxygen atoms in total. The zero-order valence-electron chi connectivity index (χ0n) is 10.5. The van der Waals surface area contributed by atoms with E-state index in [1.165, 1.54) is 14.2 Å². The van der Waals surface area contributed by atoms with Crippen LogP contribution in [0.5, 0.6) is 0 Å². The molecular formula is C14H16O4. The van der Waals surface area contributed by atoms with Crippen molar-refractivity contribution in [2.45, 2.75) is 12.8 Å². The van der Waals surface area contributed by atoms with Crippen molar-refractivity contribution in [1.29, 1.82) is 0 Å². The number of hydrogen-bond acceptors (Lipinski definition) is 4. The van der Waals surface area contributed by atoms with Crippen LogP contribution in [-0.4, -0.2) is 26.2 Å². The third-order valence-electron chi connectivity index (χ3n) is 7.34. The third kappa shape index (κ3) is 0.517. The van der Waals surface area contributed by atoms with Gasteiger partial charge in [-0.15, -0.1) is 0 Å². The molecule has 0 radical (unpaired) electrons. The Hall–Kier alpha value is -1.06. The van der Waals surface area contributed by atoms with E-state index in [9.17, 15) is 9.59 Å². The van der Waals surface area contributed by atoms with E-state index in [1.54, 1.807) is 0 Å². The SMILES string of the molecule is COC(=O)C12CC3C4C5CC3C1(C(=O)OC)C5C42. The van der Waals surface area contributed by atoms with Crippen LogP contribution in [-0.2, 0) is 19.1 Å². The van der Waals surface area contributed by atoms with E-state index < -0.39 is 10.8 Å². The molecule has 6 rings (SSSR count). The number of esters is 2. The zero-order chi connectivity index (χ0) is 12.4. The molecule has 4 heteroatoms. The minimum Gasteiger partial charge on any atom is -0.469 e. The summed E-state index contributed by atoms with van der Waals surface area (Å²) in [5.74, 6) is 2.97. The van der Waals surface area contributed by atoms with E-state index in [-0.39, 0.29) is 11.9 Å². The first kappa shape index (κ1) is 9.82. The standard InChI is InChI=1S/C14H16O4/c1-17-11(15)13-4-6-7-3-5-8(6)10(13)9(5)14(7,13)12(16)18-2/h5-10H,3-4H2,1-2H3. The Morgan fingerprint density at radius 3 is 2.44 bits per heavy atom. The predicted molar refractivity (Wildman–Crippen MR) is 59.1 cm³/mol. The Bertz CT molecular complexity index is 514. The first-order chi connectivity index (χ1) is 8.66. The average molecular weight is 248 g/mol. The lowest BCUT2D eigenvalue weighted by Crippen LogP contribution is -2.78. The van der Waals surface area contributed by atoms with Crippen LogP contribution in [0, 0.1) is 46.3 Å². The second-order valence-corrected chi connectivity index (χ2v) is 6.83. The lowest BCUT2D eigenvalue weighted by molar-refractivity contribution is -0.289. The highest BCUT2D eigenvalue weighted by Gasteiger charge is 3.00. The Labute approximate surface area is 105 Å². The minimum absolute atomic E-state index is 0.137. The topological polar surface area (TPSA) is 52.6 Å². The summed E-state index contributed by atoms with van der Waals surface area (Å²) in [4.78, 5) is 24.8. The number of carbonyl (C=O) groups is 2. The van der Waals surface area contributed by atoms with Crippen molar-refractivity contribution in [3.8, 4) is 0 Å². The van der Waals surface area contributed by atoms with Gasteiger partial charge < -0.3 is 9.47 Å². The molecule has 0 saturated heterocycles. The summed E-state index contributed by atoms with van der Waals surface area (Å²) in [7, 11) is 2.90. The molecule has 18 heavy (non-hydrogen) atoms. The van der Waals surface area contributed by atoms with Crippen molar-refractivity contribution in [3.05, 3.63) is 0 Å². The maximum atomic E-state index is 12.4. The fourth-order valence-electron chi connectivity index (χ4n) is 7.49. The predicted octanol–water partition coefficient (Wildman–Crippen LogP) is 0.851. The molecule has 0 aliphatic heterocycles. The quantitative estimate of drug-likeness (QED) is 0.680. The molecule has 96 valence electrons. The Morgan fingerprint density at radius 1 is 1.06 bits per heavy atom. The van der Waals surface area contributed by atoms with Gasteiger partial charge in [0.25, 0.3) is 0 Å². The van der Waals surface area contributed by atoms with Gasteiger partial charge in [0.1, 0.15) is 0 Å². The summed E-state index contributed by atoms with van der Waals surface area (Å²) >= 11 is 0. The monoisotopic (exact) mass is 248 g/mol. The molecule has 0 aromatic heterocycles. The lowest BCUT2D eigenvalue weighted by atomic mass is 9.28. The van der Waals surface area contributed by atoms with Crippen LogP contribution in [0.1, 0.15) is 12.8 Å². The van der Waals surface area contributed by atoms with Crippen molar-refractivity contribution >= 4 is 11.9 Å². The molecule has 0 spiro atoms. The number of rotatable bonds is 2. The molecule has 8 unspecified atom stereocenters. The maximum absolute atomic E-state index is 12.4. The molecule has 0 heterocycles. The number of carbonyl (C=O) groups excluding carboxylic acids is 2. The van der Waals surface area contributed by atoms with Crippen LogP contribution in [0.4, 0.5) is 0 Å². The normalized spacial score (nSPS) is 63.4. The Morgan fingerprint density at radius 2 is 1.78 bits per heavy atom. The molecule has 0 aromatic rings. The second kappa shape index (κ2) is 2.35. The van der Waals surface area contributed by atoms with Crippen molar-refractivity contribution in [2.24, 2.45) is 46.3 Å². The molecule has 6 fully saturated rings. The summed E-state index contributed by atoms with van der Waals surface area (Å²) in [6, 6.07) is 0. The lowest BCUT2D eigenvalue weighted by Gasteiger charge is -2.72. The number of methoxy groups -OCH3 is 2. The second-order valence-electron chi connectivity index (χ2n) is 6.83. The maximum Gasteiger partial charge on any atom is 0.313 e. The highest BCUT2D eigenvalue weighted by atomic mass is 16.5. The highest BCUT2D eigenvalue weighted by Crippen LogP contribution is 2.98. The Kier molecular flexibility index (Phi) is 1.28. The fourth-order valence-corrected chi connectivity index (χ4v) is 7.49. The first-order valence-corrected chi connectivity index (χ1v) is 6.83. The van der Waals surface area contributed by atoms with Crippen molar-refractivity contribution in [1.82, 2.24) is 0 Å². The molecule has 4 bridgehead atoms. The van der Waals surface area contributed by atoms with E-state index >= 15 is 0 Å². The van der Waals surface area contributed by atoms with Crippen LogP contribution in [0.3, 0.4) is 0 Å². The van der Waals surface area contributed by atoms with E-state index in [0.717, 1.165) is 12.8 Å². The molecule has 6 aliphatic carbocycles. The fraction of sp³-hybridized carbons (Fsp3) is 0.857. The smallest absolute Gasteiger partial charge is 0.313 e. The summed E-state index contributed by atoms with van der Waals surface area (Å²) < 4.78 is 10.2. The van der Waals surface area contributed by atoms with Crippen LogP contribution in [0.15, 0.2) is 0 Å². The van der Waals surface area contributed by atoms with Gasteiger partial charge in [0.15, 0.2) is 0 Å². The zero-order valence-corrected chi connectivity index (χ0v) is 10.5. The van der Waals surface area contributed by atoms with Gasteiger partial charge in [-0.05, 0) is 48.3 Å². The van der Waals surface area contributed by atoms with Crippen molar-refractivity contribution in [2.75, 3.05) is 14.2 Å². The van der Waals surface area contributed by atoms with Gasteiger partial charge in [0.05, 0.1) is 25.0 Å². The van der Waals surface area contributed by atoms with Crippen molar-refractivity contribution in [3.63, 3.8) is 0 Å². The van der Waals surface area contributed by atoms with Crippen LogP contribution in [0.25, 0.3) is 0 Å². The highest BCUT2D eigenvalue weighted by molar-refractivity contribution is 5.95. The van der Waals surface area contributed by atoms with Gasteiger partial charge in [-0.2, -0.15) is 0 Å². The molecule has 0 amide bonds. The summed E-state index contributed by atoms with van der Waals surface area (Å²) in [6.45, 7) is 0. The number of ether oxygens (including phenoxy) is 2. The minimum atomic E-state index is -0.507. The van der Waals surface area contributed by atoms with Gasteiger partial charge in [0, 0.05) is 0 Å². The van der Waals surface area contributed by atoms with E-state index in [1.807, 2.05) is 0 Å². The van der Waals surface area contributed by atoms with Gasteiger partial charge in [-0.1, -0.05) is 0 Å². The number of hydrogen-bond donors (Lipinski definition) is 0. The first-order valence-electron chi connectivity index (χ1n) is 6.83. The Balaban J connectivity index is 1.74. The summed E-state index contributed by atoms with van der Waals surface area (Å²) in [5, 5.41) is 0. The van der Waals surface area contributed by atoms with E-state index in [2.05, 4.69) is 0 Å².